The van der Waals surface area contributed by atoms with Crippen molar-refractivity contribution in [2.75, 3.05) is 19.6 Å². The van der Waals surface area contributed by atoms with Gasteiger partial charge in [0.15, 0.2) is 5.60 Å². The molecule has 1 aliphatic rings. The van der Waals surface area contributed by atoms with Gasteiger partial charge < -0.3 is 10.4 Å². The predicted octanol–water partition coefficient (Wildman–Crippen LogP) is 5.12. The zero-order chi connectivity index (χ0) is 28.9. The van der Waals surface area contributed by atoms with Crippen molar-refractivity contribution >= 4 is 5.91 Å². The van der Waals surface area contributed by atoms with Crippen LogP contribution in [0.5, 0.6) is 0 Å². The monoisotopic (exact) mass is 554 g/mol. The van der Waals surface area contributed by atoms with E-state index in [0.717, 1.165) is 56.3 Å². The number of alkyl halides is 3. The van der Waals surface area contributed by atoms with E-state index in [-0.39, 0.29) is 23.6 Å². The lowest BCUT2D eigenvalue weighted by Crippen LogP contribution is -2.53. The molecule has 0 spiro atoms. The average molecular weight is 555 g/mol. The number of aromatic nitrogens is 1. The number of aliphatic hydroxyl groups is 1. The molecule has 1 fully saturated rings. The molecular weight excluding hydrogens is 517 g/mol. The topological polar surface area (TPSA) is 68.7 Å². The number of rotatable bonds is 9. The van der Waals surface area contributed by atoms with Gasteiger partial charge in [-0.05, 0) is 60.7 Å². The maximum Gasteiger partial charge on any atom is 0.421 e. The lowest BCUT2D eigenvalue weighted by molar-refractivity contribution is -0.258. The summed E-state index contributed by atoms with van der Waals surface area (Å²) < 4.78 is 39.5. The summed E-state index contributed by atoms with van der Waals surface area (Å²) in [4.78, 5) is 21.5. The minimum atomic E-state index is -4.75. The van der Waals surface area contributed by atoms with E-state index in [1.54, 1.807) is 24.5 Å². The molecule has 1 aliphatic heterocycles. The van der Waals surface area contributed by atoms with Gasteiger partial charge in [0.05, 0.1) is 0 Å². The van der Waals surface area contributed by atoms with Crippen LogP contribution in [0, 0.1) is 0 Å². The Morgan fingerprint density at radius 2 is 1.52 bits per heavy atom. The standard InChI is InChI=1S/C31H37F3N4O2/c1-22(2)36-29(39)18-28-21-37(16-17-38(28)20-24-12-14-35-15-13-24)19-23-4-6-25(7-5-23)26-8-10-27(11-9-26)30(3,40)31(32,33)34/h4-15,22,28,40H,16-21H2,1-3H3,(H,36,39)/t28-,30?/m0/s1. The summed E-state index contributed by atoms with van der Waals surface area (Å²) >= 11 is 0. The third-order valence-corrected chi connectivity index (χ3v) is 7.39. The molecule has 1 aromatic heterocycles. The zero-order valence-electron chi connectivity index (χ0n) is 23.2. The molecule has 0 radical (unpaired) electrons. The number of halogens is 3. The second-order valence-corrected chi connectivity index (χ2v) is 11.0. The van der Waals surface area contributed by atoms with E-state index >= 15 is 0 Å². The number of pyridine rings is 1. The highest BCUT2D eigenvalue weighted by atomic mass is 19.4. The number of benzene rings is 2. The Morgan fingerprint density at radius 3 is 2.10 bits per heavy atom. The number of amides is 1. The highest BCUT2D eigenvalue weighted by Gasteiger charge is 2.51. The molecule has 0 bridgehead atoms. The Balaban J connectivity index is 1.41. The minimum Gasteiger partial charge on any atom is -0.376 e. The van der Waals surface area contributed by atoms with Crippen molar-refractivity contribution in [3.8, 4) is 11.1 Å². The van der Waals surface area contributed by atoms with E-state index in [1.807, 2.05) is 50.2 Å². The van der Waals surface area contributed by atoms with Crippen LogP contribution in [-0.2, 0) is 23.5 Å². The maximum absolute atomic E-state index is 13.2. The quantitative estimate of drug-likeness (QED) is 0.384. The van der Waals surface area contributed by atoms with Gasteiger partial charge in [-0.25, -0.2) is 0 Å². The number of hydrogen-bond acceptors (Lipinski definition) is 5. The van der Waals surface area contributed by atoms with E-state index < -0.39 is 11.8 Å². The van der Waals surface area contributed by atoms with Gasteiger partial charge in [0.1, 0.15) is 0 Å². The molecule has 2 N–H and O–H groups in total. The Bertz CT molecular complexity index is 1250. The highest BCUT2D eigenvalue weighted by Crippen LogP contribution is 2.39. The molecule has 4 rings (SSSR count). The first-order chi connectivity index (χ1) is 18.9. The van der Waals surface area contributed by atoms with Crippen molar-refractivity contribution in [1.82, 2.24) is 20.1 Å². The van der Waals surface area contributed by atoms with E-state index in [4.69, 9.17) is 0 Å². The summed E-state index contributed by atoms with van der Waals surface area (Å²) in [6, 6.07) is 18.0. The molecule has 0 aliphatic carbocycles. The molecule has 3 aromatic rings. The fourth-order valence-electron chi connectivity index (χ4n) is 5.03. The molecule has 9 heteroatoms. The van der Waals surface area contributed by atoms with Crippen LogP contribution in [-0.4, -0.2) is 63.7 Å². The van der Waals surface area contributed by atoms with Gasteiger partial charge in [-0.3, -0.25) is 19.6 Å². The van der Waals surface area contributed by atoms with E-state index in [2.05, 4.69) is 20.1 Å². The van der Waals surface area contributed by atoms with Crippen LogP contribution in [0.1, 0.15) is 43.9 Å². The van der Waals surface area contributed by atoms with Crippen molar-refractivity contribution in [2.24, 2.45) is 0 Å². The van der Waals surface area contributed by atoms with Crippen molar-refractivity contribution in [2.45, 2.75) is 64.1 Å². The van der Waals surface area contributed by atoms with Crippen LogP contribution in [0.2, 0.25) is 0 Å². The third-order valence-electron chi connectivity index (χ3n) is 7.39. The van der Waals surface area contributed by atoms with Crippen molar-refractivity contribution in [3.63, 3.8) is 0 Å². The molecule has 214 valence electrons. The lowest BCUT2D eigenvalue weighted by Gasteiger charge is -2.41. The fraction of sp³-hybridized carbons (Fsp3) is 0.419. The molecular formula is C31H37F3N4O2. The Kier molecular flexibility index (Phi) is 9.28. The van der Waals surface area contributed by atoms with Crippen LogP contribution < -0.4 is 5.32 Å². The number of hydrogen-bond donors (Lipinski definition) is 2. The van der Waals surface area contributed by atoms with Crippen molar-refractivity contribution < 1.29 is 23.1 Å². The Labute approximate surface area is 233 Å². The molecule has 2 atom stereocenters. The molecule has 1 amide bonds. The number of piperazine rings is 1. The highest BCUT2D eigenvalue weighted by molar-refractivity contribution is 5.76. The van der Waals surface area contributed by atoms with Crippen molar-refractivity contribution in [1.29, 1.82) is 0 Å². The van der Waals surface area contributed by atoms with Gasteiger partial charge in [-0.2, -0.15) is 13.2 Å². The number of carbonyl (C=O) groups is 1. The summed E-state index contributed by atoms with van der Waals surface area (Å²) in [6.45, 7) is 8.66. The average Bonchev–Trinajstić information content (AvgIpc) is 2.90. The summed E-state index contributed by atoms with van der Waals surface area (Å²) in [5.74, 6) is 0.0497. The van der Waals surface area contributed by atoms with E-state index in [0.29, 0.717) is 6.42 Å². The van der Waals surface area contributed by atoms with Gasteiger partial charge in [0.25, 0.3) is 0 Å². The first-order valence-electron chi connectivity index (χ1n) is 13.6. The summed E-state index contributed by atoms with van der Waals surface area (Å²) in [7, 11) is 0. The number of carbonyl (C=O) groups excluding carboxylic acids is 1. The molecule has 40 heavy (non-hydrogen) atoms. The molecule has 0 saturated carbocycles. The summed E-state index contributed by atoms with van der Waals surface area (Å²) in [5, 5.41) is 12.9. The second-order valence-electron chi connectivity index (χ2n) is 11.0. The third kappa shape index (κ3) is 7.47. The van der Waals surface area contributed by atoms with Crippen LogP contribution >= 0.6 is 0 Å². The molecule has 2 heterocycles. The number of nitrogens with one attached hydrogen (secondary N) is 1. The van der Waals surface area contributed by atoms with Crippen LogP contribution in [0.4, 0.5) is 13.2 Å². The summed E-state index contributed by atoms with van der Waals surface area (Å²) in [6.07, 6.45) is -0.750. The van der Waals surface area contributed by atoms with Gasteiger partial charge in [0, 0.05) is 63.6 Å². The largest absolute Gasteiger partial charge is 0.421 e. The Morgan fingerprint density at radius 1 is 0.950 bits per heavy atom. The van der Waals surface area contributed by atoms with Crippen LogP contribution in [0.25, 0.3) is 11.1 Å². The molecule has 1 unspecified atom stereocenters. The maximum atomic E-state index is 13.2. The van der Waals surface area contributed by atoms with Crippen LogP contribution in [0.15, 0.2) is 73.1 Å². The van der Waals surface area contributed by atoms with Gasteiger partial charge in [0.2, 0.25) is 5.91 Å². The molecule has 2 aromatic carbocycles. The molecule has 1 saturated heterocycles. The smallest absolute Gasteiger partial charge is 0.376 e. The van der Waals surface area contributed by atoms with E-state index in [1.165, 1.54) is 17.7 Å². The lowest BCUT2D eigenvalue weighted by atomic mass is 9.93. The van der Waals surface area contributed by atoms with Gasteiger partial charge in [-0.1, -0.05) is 48.5 Å². The van der Waals surface area contributed by atoms with Crippen molar-refractivity contribution in [3.05, 3.63) is 89.7 Å². The second kappa shape index (κ2) is 12.5. The Hall–Kier alpha value is -3.27. The predicted molar refractivity (Wildman–Crippen MR) is 149 cm³/mol. The van der Waals surface area contributed by atoms with E-state index in [9.17, 15) is 23.1 Å². The first kappa shape index (κ1) is 29.7. The molecule has 6 nitrogen and oxygen atoms in total. The van der Waals surface area contributed by atoms with Crippen LogP contribution in [0.3, 0.4) is 0 Å². The normalized spacial score (nSPS) is 18.4. The van der Waals surface area contributed by atoms with Gasteiger partial charge >= 0.3 is 6.18 Å². The number of nitrogens with zero attached hydrogens (tertiary/aromatic N) is 3. The van der Waals surface area contributed by atoms with Gasteiger partial charge in [-0.15, -0.1) is 0 Å². The fourth-order valence-corrected chi connectivity index (χ4v) is 5.03. The first-order valence-corrected chi connectivity index (χ1v) is 13.6. The minimum absolute atomic E-state index is 0.0497. The summed E-state index contributed by atoms with van der Waals surface area (Å²) in [5.41, 5.74) is 0.851. The zero-order valence-corrected chi connectivity index (χ0v) is 23.2. The SMILES string of the molecule is CC(C)NC(=O)C[C@H]1CN(Cc2ccc(-c3ccc(C(C)(O)C(F)(F)F)cc3)cc2)CCN1Cc1ccncc1.